The molecular formula is C14H16N4O. The highest BCUT2D eigenvalue weighted by molar-refractivity contribution is 6.08. The smallest absolute Gasteiger partial charge is 0.257 e. The normalized spacial score (nSPS) is 10.1. The lowest BCUT2D eigenvalue weighted by Crippen LogP contribution is -2.17. The molecule has 0 atom stereocenters. The molecule has 19 heavy (non-hydrogen) atoms. The number of nitrogens with two attached hydrogens (primary N) is 1. The molecule has 1 aromatic heterocycles. The van der Waals surface area contributed by atoms with Gasteiger partial charge >= 0.3 is 0 Å². The number of hydrazine groups is 1. The molecule has 98 valence electrons. The van der Waals surface area contributed by atoms with Gasteiger partial charge in [-0.1, -0.05) is 6.07 Å². The molecule has 5 nitrogen and oxygen atoms in total. The molecule has 0 aliphatic rings. The first-order valence-corrected chi connectivity index (χ1v) is 5.91. The summed E-state index contributed by atoms with van der Waals surface area (Å²) in [6, 6.07) is 7.21. The highest BCUT2D eigenvalue weighted by Gasteiger charge is 2.12. The van der Waals surface area contributed by atoms with Crippen molar-refractivity contribution in [3.8, 4) is 0 Å². The van der Waals surface area contributed by atoms with Crippen LogP contribution in [0, 0.1) is 13.8 Å². The number of carbonyl (C=O) groups is 1. The van der Waals surface area contributed by atoms with Crippen LogP contribution in [0.2, 0.25) is 0 Å². The van der Waals surface area contributed by atoms with Crippen molar-refractivity contribution in [1.29, 1.82) is 0 Å². The Bertz CT molecular complexity index is 610. The maximum absolute atomic E-state index is 12.2. The number of nitrogens with zero attached hydrogens (tertiary/aromatic N) is 1. The average Bonchev–Trinajstić information content (AvgIpc) is 2.41. The maximum atomic E-state index is 12.2. The van der Waals surface area contributed by atoms with E-state index in [0.29, 0.717) is 11.3 Å². The molecule has 0 saturated carbocycles. The second kappa shape index (κ2) is 5.49. The minimum Gasteiger partial charge on any atom is -0.323 e. The minimum absolute atomic E-state index is 0.206. The molecule has 0 radical (unpaired) electrons. The van der Waals surface area contributed by atoms with Gasteiger partial charge in [0.2, 0.25) is 0 Å². The van der Waals surface area contributed by atoms with E-state index in [1.165, 1.54) is 0 Å². The van der Waals surface area contributed by atoms with E-state index >= 15 is 0 Å². The zero-order chi connectivity index (χ0) is 13.8. The predicted octanol–water partition coefficient (Wildman–Crippen LogP) is 2.24. The van der Waals surface area contributed by atoms with Crippen LogP contribution in [0.4, 0.5) is 11.4 Å². The molecule has 0 saturated heterocycles. The van der Waals surface area contributed by atoms with E-state index in [-0.39, 0.29) is 5.91 Å². The number of nitrogen functional groups attached to an aromatic ring is 1. The number of hydrogen-bond acceptors (Lipinski definition) is 4. The number of benzene rings is 1. The number of amides is 1. The van der Waals surface area contributed by atoms with Crippen LogP contribution in [0.5, 0.6) is 0 Å². The summed E-state index contributed by atoms with van der Waals surface area (Å²) < 4.78 is 0. The molecular weight excluding hydrogens is 240 g/mol. The van der Waals surface area contributed by atoms with Crippen molar-refractivity contribution < 1.29 is 4.79 Å². The van der Waals surface area contributed by atoms with Crippen LogP contribution in [0.15, 0.2) is 36.7 Å². The first-order valence-electron chi connectivity index (χ1n) is 5.91. The Labute approximate surface area is 111 Å². The molecule has 0 unspecified atom stereocenters. The van der Waals surface area contributed by atoms with Crippen molar-refractivity contribution in [2.45, 2.75) is 13.8 Å². The summed E-state index contributed by atoms with van der Waals surface area (Å²) in [5.41, 5.74) is 6.33. The predicted molar refractivity (Wildman–Crippen MR) is 75.9 cm³/mol. The average molecular weight is 256 g/mol. The van der Waals surface area contributed by atoms with Crippen LogP contribution in [0.1, 0.15) is 21.5 Å². The number of hydrogen-bond donors (Lipinski definition) is 3. The number of aromatic nitrogens is 1. The highest BCUT2D eigenvalue weighted by Crippen LogP contribution is 2.19. The lowest BCUT2D eigenvalue weighted by molar-refractivity contribution is 0.102. The van der Waals surface area contributed by atoms with Gasteiger partial charge in [-0.2, -0.15) is 0 Å². The van der Waals surface area contributed by atoms with Crippen LogP contribution in [0.3, 0.4) is 0 Å². The fraction of sp³-hybridized carbons (Fsp3) is 0.143. The minimum atomic E-state index is -0.206. The molecule has 1 heterocycles. The Hall–Kier alpha value is -2.40. The summed E-state index contributed by atoms with van der Waals surface area (Å²) in [4.78, 5) is 16.2. The van der Waals surface area contributed by atoms with Gasteiger partial charge in [0, 0.05) is 18.1 Å². The van der Waals surface area contributed by atoms with Crippen LogP contribution < -0.4 is 16.6 Å². The van der Waals surface area contributed by atoms with Crippen molar-refractivity contribution in [3.63, 3.8) is 0 Å². The van der Waals surface area contributed by atoms with E-state index in [0.717, 1.165) is 16.8 Å². The lowest BCUT2D eigenvalue weighted by Gasteiger charge is -2.11. The van der Waals surface area contributed by atoms with Gasteiger partial charge in [0.15, 0.2) is 0 Å². The summed E-state index contributed by atoms with van der Waals surface area (Å²) in [6.07, 6.45) is 3.34. The third-order valence-electron chi connectivity index (χ3n) is 2.84. The van der Waals surface area contributed by atoms with Gasteiger partial charge in [-0.15, -0.1) is 0 Å². The van der Waals surface area contributed by atoms with Crippen molar-refractivity contribution in [3.05, 3.63) is 53.3 Å². The second-order valence-electron chi connectivity index (χ2n) is 4.34. The first kappa shape index (κ1) is 13.0. The Kier molecular flexibility index (Phi) is 3.77. The topological polar surface area (TPSA) is 80.0 Å². The maximum Gasteiger partial charge on any atom is 0.257 e. The van der Waals surface area contributed by atoms with Gasteiger partial charge in [0.1, 0.15) is 0 Å². The number of anilines is 2. The largest absolute Gasteiger partial charge is 0.323 e. The van der Waals surface area contributed by atoms with Crippen LogP contribution >= 0.6 is 0 Å². The van der Waals surface area contributed by atoms with E-state index in [9.17, 15) is 4.79 Å². The third-order valence-corrected chi connectivity index (χ3v) is 2.84. The SMILES string of the molecule is Cc1ccc(C(=O)Nc2ccncc2C)c(NN)c1. The summed E-state index contributed by atoms with van der Waals surface area (Å²) in [5.74, 6) is 5.23. The van der Waals surface area contributed by atoms with Gasteiger partial charge in [-0.25, -0.2) is 0 Å². The van der Waals surface area contributed by atoms with E-state index in [1.807, 2.05) is 26.0 Å². The van der Waals surface area contributed by atoms with Crippen molar-refractivity contribution in [1.82, 2.24) is 4.98 Å². The van der Waals surface area contributed by atoms with Crippen LogP contribution in [-0.4, -0.2) is 10.9 Å². The fourth-order valence-corrected chi connectivity index (χ4v) is 1.78. The Balaban J connectivity index is 2.28. The fourth-order valence-electron chi connectivity index (χ4n) is 1.78. The third kappa shape index (κ3) is 2.89. The van der Waals surface area contributed by atoms with E-state index < -0.39 is 0 Å². The number of aryl methyl sites for hydroxylation is 2. The van der Waals surface area contributed by atoms with Gasteiger partial charge in [-0.3, -0.25) is 15.6 Å². The van der Waals surface area contributed by atoms with Gasteiger partial charge in [0.05, 0.1) is 11.3 Å². The molecule has 1 aromatic carbocycles. The molecule has 4 N–H and O–H groups in total. The number of rotatable bonds is 3. The summed E-state index contributed by atoms with van der Waals surface area (Å²) in [6.45, 7) is 3.83. The molecule has 2 aromatic rings. The second-order valence-corrected chi connectivity index (χ2v) is 4.34. The summed E-state index contributed by atoms with van der Waals surface area (Å²) in [7, 11) is 0. The van der Waals surface area contributed by atoms with Crippen molar-refractivity contribution in [2.24, 2.45) is 5.84 Å². The standard InChI is InChI=1S/C14H16N4O/c1-9-3-4-11(13(7-9)18-15)14(19)17-12-5-6-16-8-10(12)2/h3-8,18H,15H2,1-2H3,(H,16,17,19). The van der Waals surface area contributed by atoms with E-state index in [1.54, 1.807) is 24.5 Å². The van der Waals surface area contributed by atoms with Gasteiger partial charge in [-0.05, 0) is 43.2 Å². The number of pyridine rings is 1. The Morgan fingerprint density at radius 3 is 2.68 bits per heavy atom. The van der Waals surface area contributed by atoms with Gasteiger partial charge in [0.25, 0.3) is 5.91 Å². The summed E-state index contributed by atoms with van der Waals surface area (Å²) in [5, 5.41) is 2.85. The van der Waals surface area contributed by atoms with Gasteiger partial charge < -0.3 is 10.7 Å². The molecule has 0 spiro atoms. The van der Waals surface area contributed by atoms with E-state index in [2.05, 4.69) is 15.7 Å². The Morgan fingerprint density at radius 2 is 2.00 bits per heavy atom. The quantitative estimate of drug-likeness (QED) is 0.581. The molecule has 0 aliphatic carbocycles. The van der Waals surface area contributed by atoms with Crippen molar-refractivity contribution >= 4 is 17.3 Å². The monoisotopic (exact) mass is 256 g/mol. The van der Waals surface area contributed by atoms with E-state index in [4.69, 9.17) is 5.84 Å². The molecule has 5 heteroatoms. The molecule has 0 fully saturated rings. The molecule has 0 bridgehead atoms. The lowest BCUT2D eigenvalue weighted by atomic mass is 10.1. The van der Waals surface area contributed by atoms with Crippen LogP contribution in [-0.2, 0) is 0 Å². The molecule has 1 amide bonds. The van der Waals surface area contributed by atoms with Crippen molar-refractivity contribution in [2.75, 3.05) is 10.7 Å². The highest BCUT2D eigenvalue weighted by atomic mass is 16.1. The molecule has 2 rings (SSSR count). The zero-order valence-corrected chi connectivity index (χ0v) is 10.9. The zero-order valence-electron chi connectivity index (χ0n) is 10.9. The van der Waals surface area contributed by atoms with Crippen LogP contribution in [0.25, 0.3) is 0 Å². The number of carbonyl (C=O) groups excluding carboxylic acids is 1. The Morgan fingerprint density at radius 1 is 1.21 bits per heavy atom. The first-order chi connectivity index (χ1) is 9.11. The molecule has 0 aliphatic heterocycles. The summed E-state index contributed by atoms with van der Waals surface area (Å²) >= 11 is 0. The number of nitrogens with one attached hydrogen (secondary N) is 2.